The van der Waals surface area contributed by atoms with Crippen molar-refractivity contribution in [1.29, 1.82) is 0 Å². The SMILES string of the molecule is CCOPSCCNC. The Bertz CT molecular complexity index is 50.2. The van der Waals surface area contributed by atoms with Gasteiger partial charge in [0, 0.05) is 18.9 Å². The predicted molar refractivity (Wildman–Crippen MR) is 46.3 cm³/mol. The molecule has 1 atom stereocenters. The zero-order chi connectivity index (χ0) is 6.95. The number of hydrogen-bond acceptors (Lipinski definition) is 3. The Hall–Kier alpha value is 0.700. The Morgan fingerprint density at radius 3 is 3.00 bits per heavy atom. The fourth-order valence-corrected chi connectivity index (χ4v) is 2.05. The topological polar surface area (TPSA) is 21.3 Å². The molecule has 0 aromatic carbocycles. The van der Waals surface area contributed by atoms with E-state index in [1.54, 1.807) is 0 Å². The Labute approximate surface area is 62.7 Å². The molecule has 0 saturated carbocycles. The molecule has 0 saturated heterocycles. The highest BCUT2D eigenvalue weighted by Crippen LogP contribution is 2.28. The van der Waals surface area contributed by atoms with Gasteiger partial charge in [-0.05, 0) is 14.0 Å². The first-order chi connectivity index (χ1) is 4.41. The zero-order valence-electron chi connectivity index (χ0n) is 5.94. The van der Waals surface area contributed by atoms with Crippen LogP contribution < -0.4 is 5.32 Å². The van der Waals surface area contributed by atoms with Crippen molar-refractivity contribution in [3.8, 4) is 0 Å². The minimum Gasteiger partial charge on any atom is -0.352 e. The molecule has 56 valence electrons. The molecule has 0 aliphatic rings. The standard InChI is InChI=1S/C5H14NOPS/c1-3-7-8-9-5-4-6-2/h6,8H,3-5H2,1-2H3. The van der Waals surface area contributed by atoms with E-state index in [4.69, 9.17) is 4.52 Å². The maximum Gasteiger partial charge on any atom is 0.0744 e. The number of rotatable bonds is 6. The maximum absolute atomic E-state index is 5.14. The summed E-state index contributed by atoms with van der Waals surface area (Å²) in [5.74, 6) is 1.15. The largest absolute Gasteiger partial charge is 0.352 e. The van der Waals surface area contributed by atoms with Crippen LogP contribution in [-0.2, 0) is 4.52 Å². The first-order valence-electron chi connectivity index (χ1n) is 3.05. The minimum atomic E-state index is 0.619. The van der Waals surface area contributed by atoms with Gasteiger partial charge in [0.25, 0.3) is 0 Å². The maximum atomic E-state index is 5.14. The molecule has 0 aromatic heterocycles. The van der Waals surface area contributed by atoms with E-state index in [0.29, 0.717) is 8.01 Å². The lowest BCUT2D eigenvalue weighted by atomic mass is 10.8. The minimum absolute atomic E-state index is 0.619. The van der Waals surface area contributed by atoms with Crippen molar-refractivity contribution in [1.82, 2.24) is 5.32 Å². The second-order valence-electron chi connectivity index (χ2n) is 1.47. The third kappa shape index (κ3) is 8.70. The second-order valence-corrected chi connectivity index (χ2v) is 3.99. The predicted octanol–water partition coefficient (Wildman–Crippen LogP) is 1.48. The van der Waals surface area contributed by atoms with E-state index in [-0.39, 0.29) is 0 Å². The molecular weight excluding hydrogens is 153 g/mol. The smallest absolute Gasteiger partial charge is 0.0744 e. The van der Waals surface area contributed by atoms with Crippen LogP contribution in [0.15, 0.2) is 0 Å². The first-order valence-corrected chi connectivity index (χ1v) is 5.66. The van der Waals surface area contributed by atoms with Crippen molar-refractivity contribution in [3.05, 3.63) is 0 Å². The molecule has 9 heavy (non-hydrogen) atoms. The van der Waals surface area contributed by atoms with Crippen molar-refractivity contribution in [3.63, 3.8) is 0 Å². The summed E-state index contributed by atoms with van der Waals surface area (Å²) in [4.78, 5) is 0. The molecule has 0 heterocycles. The third-order valence-electron chi connectivity index (χ3n) is 0.716. The van der Waals surface area contributed by atoms with Crippen LogP contribution in [0.4, 0.5) is 0 Å². The molecule has 0 spiro atoms. The molecule has 0 fully saturated rings. The summed E-state index contributed by atoms with van der Waals surface area (Å²) < 4.78 is 5.14. The number of hydrogen-bond donors (Lipinski definition) is 1. The van der Waals surface area contributed by atoms with Crippen molar-refractivity contribution in [2.75, 3.05) is 26.0 Å². The highest BCUT2D eigenvalue weighted by atomic mass is 32.7. The van der Waals surface area contributed by atoms with E-state index < -0.39 is 0 Å². The van der Waals surface area contributed by atoms with Crippen LogP contribution >= 0.6 is 19.4 Å². The normalized spacial score (nSPS) is 11.3. The van der Waals surface area contributed by atoms with Gasteiger partial charge in [0.15, 0.2) is 0 Å². The molecule has 0 radical (unpaired) electrons. The highest BCUT2D eigenvalue weighted by molar-refractivity contribution is 8.48. The molecule has 0 aliphatic carbocycles. The summed E-state index contributed by atoms with van der Waals surface area (Å²) in [6.45, 7) is 3.93. The molecule has 0 aromatic rings. The average molecular weight is 167 g/mol. The van der Waals surface area contributed by atoms with Gasteiger partial charge in [0.1, 0.15) is 0 Å². The van der Waals surface area contributed by atoms with Crippen LogP contribution in [0, 0.1) is 0 Å². The first kappa shape index (κ1) is 9.70. The van der Waals surface area contributed by atoms with Crippen molar-refractivity contribution >= 4 is 19.4 Å². The van der Waals surface area contributed by atoms with E-state index >= 15 is 0 Å². The lowest BCUT2D eigenvalue weighted by Crippen LogP contribution is -2.08. The summed E-state index contributed by atoms with van der Waals surface area (Å²) in [6.07, 6.45) is 0. The summed E-state index contributed by atoms with van der Waals surface area (Å²) in [7, 11) is 2.58. The average Bonchev–Trinajstić information content (AvgIpc) is 1.89. The van der Waals surface area contributed by atoms with Gasteiger partial charge in [-0.15, -0.1) is 11.4 Å². The van der Waals surface area contributed by atoms with E-state index in [0.717, 1.165) is 18.9 Å². The molecule has 0 bridgehead atoms. The van der Waals surface area contributed by atoms with Gasteiger partial charge in [-0.25, -0.2) is 0 Å². The van der Waals surface area contributed by atoms with Crippen molar-refractivity contribution < 1.29 is 4.52 Å². The molecule has 0 rings (SSSR count). The van der Waals surface area contributed by atoms with Crippen LogP contribution in [0.5, 0.6) is 0 Å². The fraction of sp³-hybridized carbons (Fsp3) is 1.00. The van der Waals surface area contributed by atoms with Gasteiger partial charge in [0.05, 0.1) is 8.01 Å². The van der Waals surface area contributed by atoms with Gasteiger partial charge in [0.2, 0.25) is 0 Å². The van der Waals surface area contributed by atoms with Gasteiger partial charge in [-0.2, -0.15) is 0 Å². The lowest BCUT2D eigenvalue weighted by molar-refractivity contribution is 0.397. The van der Waals surface area contributed by atoms with Gasteiger partial charge >= 0.3 is 0 Å². The molecule has 1 unspecified atom stereocenters. The zero-order valence-corrected chi connectivity index (χ0v) is 7.75. The van der Waals surface area contributed by atoms with Gasteiger partial charge in [-0.1, -0.05) is 0 Å². The fourth-order valence-electron chi connectivity index (χ4n) is 0.295. The van der Waals surface area contributed by atoms with Crippen LogP contribution in [0.1, 0.15) is 6.92 Å². The highest BCUT2D eigenvalue weighted by Gasteiger charge is 1.84. The Morgan fingerprint density at radius 2 is 2.44 bits per heavy atom. The van der Waals surface area contributed by atoms with Crippen molar-refractivity contribution in [2.45, 2.75) is 6.92 Å². The van der Waals surface area contributed by atoms with E-state index in [9.17, 15) is 0 Å². The van der Waals surface area contributed by atoms with Crippen LogP contribution in [0.25, 0.3) is 0 Å². The van der Waals surface area contributed by atoms with Crippen molar-refractivity contribution in [2.24, 2.45) is 0 Å². The van der Waals surface area contributed by atoms with E-state index in [1.165, 1.54) is 0 Å². The second kappa shape index (κ2) is 8.70. The lowest BCUT2D eigenvalue weighted by Gasteiger charge is -1.98. The Kier molecular flexibility index (Phi) is 9.38. The summed E-state index contributed by atoms with van der Waals surface area (Å²) in [5.41, 5.74) is 0. The monoisotopic (exact) mass is 167 g/mol. The van der Waals surface area contributed by atoms with E-state index in [1.807, 2.05) is 25.4 Å². The van der Waals surface area contributed by atoms with E-state index in [2.05, 4.69) is 5.32 Å². The Morgan fingerprint density at radius 1 is 1.67 bits per heavy atom. The van der Waals surface area contributed by atoms with Gasteiger partial charge in [-0.3, -0.25) is 0 Å². The molecule has 4 heteroatoms. The van der Waals surface area contributed by atoms with Crippen LogP contribution in [0.2, 0.25) is 0 Å². The summed E-state index contributed by atoms with van der Waals surface area (Å²) >= 11 is 1.85. The third-order valence-corrected chi connectivity index (χ3v) is 2.97. The summed E-state index contributed by atoms with van der Waals surface area (Å²) in [6, 6.07) is 0. The molecule has 1 N–H and O–H groups in total. The molecule has 0 aliphatic heterocycles. The Balaban J connectivity index is 2.60. The number of nitrogens with one attached hydrogen (secondary N) is 1. The van der Waals surface area contributed by atoms with Gasteiger partial charge < -0.3 is 9.84 Å². The molecular formula is C5H14NOPS. The van der Waals surface area contributed by atoms with Crippen LogP contribution in [-0.4, -0.2) is 26.0 Å². The quantitative estimate of drug-likeness (QED) is 0.478. The summed E-state index contributed by atoms with van der Waals surface area (Å²) in [5, 5.41) is 3.07. The molecule has 2 nitrogen and oxygen atoms in total. The molecule has 0 amide bonds. The van der Waals surface area contributed by atoms with Crippen LogP contribution in [0.3, 0.4) is 0 Å².